The first-order valence-electron chi connectivity index (χ1n) is 7.75. The van der Waals surface area contributed by atoms with E-state index in [1.165, 1.54) is 11.6 Å². The molecule has 0 fully saturated rings. The SMILES string of the molecule is C=C[C@@](C)(/C=C/c1ccc(O)c(/C=C/C#N)c1)CCC=C(C)C. The highest BCUT2D eigenvalue weighted by Crippen LogP contribution is 2.29. The third kappa shape index (κ3) is 6.40. The average Bonchev–Trinajstić information content (AvgIpc) is 2.52. The lowest BCUT2D eigenvalue weighted by Crippen LogP contribution is -2.08. The zero-order chi connectivity index (χ0) is 17.3. The summed E-state index contributed by atoms with van der Waals surface area (Å²) in [4.78, 5) is 0. The third-order valence-corrected chi connectivity index (χ3v) is 3.75. The number of phenolic OH excluding ortho intramolecular Hbond substituents is 1. The maximum Gasteiger partial charge on any atom is 0.122 e. The lowest BCUT2D eigenvalue weighted by molar-refractivity contribution is 0.474. The van der Waals surface area contributed by atoms with Crippen molar-refractivity contribution in [2.24, 2.45) is 5.41 Å². The van der Waals surface area contributed by atoms with Crippen molar-refractivity contribution in [2.75, 3.05) is 0 Å². The molecule has 0 aliphatic heterocycles. The number of hydrogen-bond acceptors (Lipinski definition) is 2. The second-order valence-corrected chi connectivity index (χ2v) is 6.14. The number of aromatic hydroxyl groups is 1. The number of benzene rings is 1. The summed E-state index contributed by atoms with van der Waals surface area (Å²) in [5.74, 6) is 0.170. The molecular formula is C21H25NO. The maximum atomic E-state index is 9.80. The monoisotopic (exact) mass is 307 g/mol. The van der Waals surface area contributed by atoms with Crippen LogP contribution in [0.1, 0.15) is 44.7 Å². The number of hydrogen-bond donors (Lipinski definition) is 1. The molecule has 2 nitrogen and oxygen atoms in total. The molecule has 0 aliphatic carbocycles. The van der Waals surface area contributed by atoms with Gasteiger partial charge in [0.1, 0.15) is 5.75 Å². The Bertz CT molecular complexity index is 670. The molecule has 1 atom stereocenters. The highest BCUT2D eigenvalue weighted by molar-refractivity contribution is 5.64. The van der Waals surface area contributed by atoms with Gasteiger partial charge in [-0.05, 0) is 50.5 Å². The number of rotatable bonds is 7. The highest BCUT2D eigenvalue weighted by atomic mass is 16.3. The Balaban J connectivity index is 2.93. The second-order valence-electron chi connectivity index (χ2n) is 6.14. The zero-order valence-corrected chi connectivity index (χ0v) is 14.2. The summed E-state index contributed by atoms with van der Waals surface area (Å²) in [6, 6.07) is 7.29. The van der Waals surface area contributed by atoms with Gasteiger partial charge in [0, 0.05) is 17.1 Å². The number of nitriles is 1. The Morgan fingerprint density at radius 1 is 1.35 bits per heavy atom. The van der Waals surface area contributed by atoms with Gasteiger partial charge >= 0.3 is 0 Å². The van der Waals surface area contributed by atoms with Crippen LogP contribution in [0.15, 0.2) is 54.7 Å². The smallest absolute Gasteiger partial charge is 0.122 e. The van der Waals surface area contributed by atoms with Crippen molar-refractivity contribution in [3.63, 3.8) is 0 Å². The molecule has 0 saturated heterocycles. The van der Waals surface area contributed by atoms with Crippen LogP contribution < -0.4 is 0 Å². The van der Waals surface area contributed by atoms with Crippen LogP contribution in [-0.4, -0.2) is 5.11 Å². The summed E-state index contributed by atoms with van der Waals surface area (Å²) in [5.41, 5.74) is 2.87. The van der Waals surface area contributed by atoms with Crippen molar-refractivity contribution >= 4 is 12.2 Å². The lowest BCUT2D eigenvalue weighted by atomic mass is 9.84. The zero-order valence-electron chi connectivity index (χ0n) is 14.2. The molecular weight excluding hydrogens is 282 g/mol. The largest absolute Gasteiger partial charge is 0.507 e. The van der Waals surface area contributed by atoms with E-state index in [1.807, 2.05) is 30.4 Å². The molecule has 23 heavy (non-hydrogen) atoms. The Kier molecular flexibility index (Phi) is 7.09. The van der Waals surface area contributed by atoms with E-state index in [4.69, 9.17) is 5.26 Å². The van der Waals surface area contributed by atoms with Crippen molar-refractivity contribution in [3.05, 3.63) is 65.8 Å². The van der Waals surface area contributed by atoms with Gasteiger partial charge in [-0.1, -0.05) is 42.9 Å². The van der Waals surface area contributed by atoms with Gasteiger partial charge in [0.2, 0.25) is 0 Å². The van der Waals surface area contributed by atoms with Gasteiger partial charge < -0.3 is 5.11 Å². The van der Waals surface area contributed by atoms with E-state index in [0.29, 0.717) is 5.56 Å². The van der Waals surface area contributed by atoms with E-state index in [0.717, 1.165) is 18.4 Å². The molecule has 2 heteroatoms. The van der Waals surface area contributed by atoms with Gasteiger partial charge in [0.15, 0.2) is 0 Å². The van der Waals surface area contributed by atoms with Crippen LogP contribution in [0.2, 0.25) is 0 Å². The minimum absolute atomic E-state index is 0.0769. The van der Waals surface area contributed by atoms with Crippen molar-refractivity contribution in [3.8, 4) is 11.8 Å². The summed E-state index contributed by atoms with van der Waals surface area (Å²) in [7, 11) is 0. The quantitative estimate of drug-likeness (QED) is 0.505. The van der Waals surface area contributed by atoms with Crippen LogP contribution in [0.5, 0.6) is 5.75 Å². The predicted molar refractivity (Wildman–Crippen MR) is 98.8 cm³/mol. The first-order valence-corrected chi connectivity index (χ1v) is 7.75. The standard InChI is InChI=1S/C21H25NO/c1-5-21(4,13-6-8-17(2)3)14-12-18-10-11-20(23)19(16-18)9-7-15-22/h5,7-12,14,16,23H,1,6,13H2,2-4H3/b9-7+,14-12+/t21-/m1/s1. The first-order chi connectivity index (χ1) is 10.9. The van der Waals surface area contributed by atoms with Crippen LogP contribution in [-0.2, 0) is 0 Å². The second kappa shape index (κ2) is 8.80. The van der Waals surface area contributed by atoms with Crippen molar-refractivity contribution in [1.82, 2.24) is 0 Å². The van der Waals surface area contributed by atoms with E-state index < -0.39 is 0 Å². The fraction of sp³-hybridized carbons (Fsp3) is 0.286. The molecule has 0 heterocycles. The molecule has 0 amide bonds. The fourth-order valence-corrected chi connectivity index (χ4v) is 2.15. The van der Waals surface area contributed by atoms with Gasteiger partial charge in [0.25, 0.3) is 0 Å². The summed E-state index contributed by atoms with van der Waals surface area (Å²) in [5, 5.41) is 18.4. The molecule has 0 aromatic heterocycles. The molecule has 1 aromatic carbocycles. The predicted octanol–water partition coefficient (Wildman–Crippen LogP) is 5.88. The molecule has 1 N–H and O–H groups in total. The van der Waals surface area contributed by atoms with Crippen molar-refractivity contribution < 1.29 is 5.11 Å². The summed E-state index contributed by atoms with van der Waals surface area (Å²) >= 11 is 0. The maximum absolute atomic E-state index is 9.80. The van der Waals surface area contributed by atoms with E-state index in [9.17, 15) is 5.11 Å². The topological polar surface area (TPSA) is 44.0 Å². The third-order valence-electron chi connectivity index (χ3n) is 3.75. The van der Waals surface area contributed by atoms with Gasteiger partial charge in [-0.25, -0.2) is 0 Å². The fourth-order valence-electron chi connectivity index (χ4n) is 2.15. The lowest BCUT2D eigenvalue weighted by Gasteiger charge is -2.20. The molecule has 1 aromatic rings. The van der Waals surface area contributed by atoms with Gasteiger partial charge in [0.05, 0.1) is 6.07 Å². The number of phenols is 1. The van der Waals surface area contributed by atoms with Crippen LogP contribution in [0, 0.1) is 16.7 Å². The molecule has 0 bridgehead atoms. The van der Waals surface area contributed by atoms with Crippen LogP contribution in [0.25, 0.3) is 12.2 Å². The van der Waals surface area contributed by atoms with Gasteiger partial charge in [-0.2, -0.15) is 5.26 Å². The minimum atomic E-state index is -0.0769. The number of allylic oxidation sites excluding steroid dienone is 5. The highest BCUT2D eigenvalue weighted by Gasteiger charge is 2.15. The molecule has 1 rings (SSSR count). The summed E-state index contributed by atoms with van der Waals surface area (Å²) < 4.78 is 0. The van der Waals surface area contributed by atoms with Gasteiger partial charge in [-0.3, -0.25) is 0 Å². The minimum Gasteiger partial charge on any atom is -0.507 e. The van der Waals surface area contributed by atoms with E-state index >= 15 is 0 Å². The average molecular weight is 307 g/mol. The van der Waals surface area contributed by atoms with Crippen LogP contribution in [0.3, 0.4) is 0 Å². The van der Waals surface area contributed by atoms with Crippen LogP contribution in [0.4, 0.5) is 0 Å². The molecule has 0 saturated carbocycles. The first kappa shape index (κ1) is 18.5. The Labute approximate surface area is 139 Å². The molecule has 0 spiro atoms. The Hall–Kier alpha value is -2.53. The van der Waals surface area contributed by atoms with Crippen molar-refractivity contribution in [1.29, 1.82) is 5.26 Å². The molecule has 0 aliphatic rings. The van der Waals surface area contributed by atoms with E-state index in [2.05, 4.69) is 39.5 Å². The Morgan fingerprint density at radius 2 is 2.09 bits per heavy atom. The summed E-state index contributed by atoms with van der Waals surface area (Å²) in [6.07, 6.45) is 13.4. The molecule has 0 radical (unpaired) electrons. The molecule has 0 unspecified atom stereocenters. The normalized spacial score (nSPS) is 13.7. The van der Waals surface area contributed by atoms with Gasteiger partial charge in [-0.15, -0.1) is 6.58 Å². The van der Waals surface area contributed by atoms with Crippen LogP contribution >= 0.6 is 0 Å². The van der Waals surface area contributed by atoms with E-state index in [1.54, 1.807) is 12.1 Å². The van der Waals surface area contributed by atoms with Crippen molar-refractivity contribution in [2.45, 2.75) is 33.6 Å². The Morgan fingerprint density at radius 3 is 2.70 bits per heavy atom. The molecule has 120 valence electrons. The summed E-state index contributed by atoms with van der Waals surface area (Å²) in [6.45, 7) is 10.3. The van der Waals surface area contributed by atoms with E-state index in [-0.39, 0.29) is 11.2 Å². The number of nitrogens with zero attached hydrogens (tertiary/aromatic N) is 1.